The largest absolute Gasteiger partial charge is 0.369 e. The SMILES string of the molecule is CN(c1cc(NCCN)ncn1)c1ccc(Br)s1. The Kier molecular flexibility index (Phi) is 4.51. The van der Waals surface area contributed by atoms with E-state index in [9.17, 15) is 0 Å². The molecule has 2 rings (SSSR count). The van der Waals surface area contributed by atoms with Crippen molar-refractivity contribution >= 4 is 43.9 Å². The maximum absolute atomic E-state index is 5.45. The van der Waals surface area contributed by atoms with E-state index in [-0.39, 0.29) is 0 Å². The minimum Gasteiger partial charge on any atom is -0.369 e. The first-order chi connectivity index (χ1) is 8.70. The zero-order valence-corrected chi connectivity index (χ0v) is 12.3. The topological polar surface area (TPSA) is 67.1 Å². The maximum Gasteiger partial charge on any atom is 0.138 e. The molecular formula is C11H14BrN5S. The number of hydrogen-bond donors (Lipinski definition) is 2. The summed E-state index contributed by atoms with van der Waals surface area (Å²) in [5.74, 6) is 1.63. The van der Waals surface area contributed by atoms with E-state index in [1.165, 1.54) is 0 Å². The molecule has 0 spiro atoms. The van der Waals surface area contributed by atoms with Crippen LogP contribution in [-0.2, 0) is 0 Å². The predicted molar refractivity (Wildman–Crippen MR) is 79.7 cm³/mol. The van der Waals surface area contributed by atoms with Crippen molar-refractivity contribution in [1.82, 2.24) is 9.97 Å². The van der Waals surface area contributed by atoms with Gasteiger partial charge in [0.25, 0.3) is 0 Å². The van der Waals surface area contributed by atoms with Gasteiger partial charge < -0.3 is 16.0 Å². The maximum atomic E-state index is 5.45. The fourth-order valence-corrected chi connectivity index (χ4v) is 2.76. The van der Waals surface area contributed by atoms with Gasteiger partial charge in [-0.3, -0.25) is 0 Å². The van der Waals surface area contributed by atoms with Crippen molar-refractivity contribution in [3.63, 3.8) is 0 Å². The Labute approximate surface area is 118 Å². The standard InChI is InChI=1S/C11H14BrN5S/c1-17(11-3-2-8(12)18-11)10-6-9(14-5-4-13)15-7-16-10/h2-3,6-7H,4-5,13H2,1H3,(H,14,15,16). The van der Waals surface area contributed by atoms with Gasteiger partial charge in [-0.1, -0.05) is 0 Å². The third-order valence-electron chi connectivity index (χ3n) is 2.34. The third-order valence-corrected chi connectivity index (χ3v) is 4.04. The van der Waals surface area contributed by atoms with E-state index in [0.717, 1.165) is 20.4 Å². The zero-order chi connectivity index (χ0) is 13.0. The quantitative estimate of drug-likeness (QED) is 0.882. The number of anilines is 3. The number of nitrogens with two attached hydrogens (primary N) is 1. The lowest BCUT2D eigenvalue weighted by molar-refractivity contribution is 0.999. The monoisotopic (exact) mass is 327 g/mol. The van der Waals surface area contributed by atoms with Gasteiger partial charge in [0, 0.05) is 26.2 Å². The molecule has 0 bridgehead atoms. The molecule has 0 amide bonds. The molecule has 0 radical (unpaired) electrons. The molecule has 0 aliphatic heterocycles. The minimum absolute atomic E-state index is 0.576. The number of aromatic nitrogens is 2. The molecule has 0 aliphatic rings. The molecule has 2 heterocycles. The van der Waals surface area contributed by atoms with Gasteiger partial charge in [-0.25, -0.2) is 9.97 Å². The average Bonchev–Trinajstić information content (AvgIpc) is 2.82. The van der Waals surface area contributed by atoms with Crippen molar-refractivity contribution < 1.29 is 0 Å². The van der Waals surface area contributed by atoms with Crippen molar-refractivity contribution in [3.8, 4) is 0 Å². The number of hydrogen-bond acceptors (Lipinski definition) is 6. The van der Waals surface area contributed by atoms with Gasteiger partial charge >= 0.3 is 0 Å². The van der Waals surface area contributed by atoms with Crippen molar-refractivity contribution in [1.29, 1.82) is 0 Å². The van der Waals surface area contributed by atoms with Crippen molar-refractivity contribution in [2.75, 3.05) is 30.4 Å². The summed E-state index contributed by atoms with van der Waals surface area (Å²) in [5.41, 5.74) is 5.45. The van der Waals surface area contributed by atoms with Gasteiger partial charge in [0.05, 0.1) is 8.79 Å². The van der Waals surface area contributed by atoms with E-state index in [1.807, 2.05) is 30.1 Å². The van der Waals surface area contributed by atoms with Crippen LogP contribution < -0.4 is 16.0 Å². The number of nitrogens with zero attached hydrogens (tertiary/aromatic N) is 3. The first-order valence-electron chi connectivity index (χ1n) is 5.46. The van der Waals surface area contributed by atoms with Gasteiger partial charge in [0.2, 0.25) is 0 Å². The Morgan fingerprint density at radius 3 is 2.94 bits per heavy atom. The van der Waals surface area contributed by atoms with Crippen molar-refractivity contribution in [2.45, 2.75) is 0 Å². The Balaban J connectivity index is 2.17. The molecule has 0 fully saturated rings. The second-order valence-electron chi connectivity index (χ2n) is 3.61. The lowest BCUT2D eigenvalue weighted by Gasteiger charge is -2.16. The molecular weight excluding hydrogens is 314 g/mol. The Morgan fingerprint density at radius 2 is 2.28 bits per heavy atom. The van der Waals surface area contributed by atoms with Crippen LogP contribution in [0.25, 0.3) is 0 Å². The molecule has 0 saturated carbocycles. The molecule has 96 valence electrons. The minimum atomic E-state index is 0.576. The van der Waals surface area contributed by atoms with Crippen molar-refractivity contribution in [2.24, 2.45) is 5.73 Å². The lowest BCUT2D eigenvalue weighted by atomic mass is 10.4. The Morgan fingerprint density at radius 1 is 1.44 bits per heavy atom. The fraction of sp³-hybridized carbons (Fsp3) is 0.273. The van der Waals surface area contributed by atoms with E-state index in [4.69, 9.17) is 5.73 Å². The van der Waals surface area contributed by atoms with E-state index >= 15 is 0 Å². The van der Waals surface area contributed by atoms with Crippen LogP contribution in [-0.4, -0.2) is 30.1 Å². The smallest absolute Gasteiger partial charge is 0.138 e. The molecule has 2 aromatic heterocycles. The normalized spacial score (nSPS) is 10.4. The summed E-state index contributed by atoms with van der Waals surface area (Å²) >= 11 is 5.11. The van der Waals surface area contributed by atoms with E-state index in [2.05, 4.69) is 31.2 Å². The van der Waals surface area contributed by atoms with Crippen LogP contribution in [0.15, 0.2) is 28.3 Å². The van der Waals surface area contributed by atoms with Crippen LogP contribution >= 0.6 is 27.3 Å². The molecule has 0 unspecified atom stereocenters. The summed E-state index contributed by atoms with van der Waals surface area (Å²) in [4.78, 5) is 10.4. The van der Waals surface area contributed by atoms with E-state index < -0.39 is 0 Å². The van der Waals surface area contributed by atoms with Crippen LogP contribution in [0.4, 0.5) is 16.6 Å². The summed E-state index contributed by atoms with van der Waals surface area (Å²) in [6.07, 6.45) is 1.55. The lowest BCUT2D eigenvalue weighted by Crippen LogP contribution is -2.15. The highest BCUT2D eigenvalue weighted by Gasteiger charge is 2.08. The third kappa shape index (κ3) is 3.18. The number of rotatable bonds is 5. The van der Waals surface area contributed by atoms with Crippen molar-refractivity contribution in [3.05, 3.63) is 28.3 Å². The zero-order valence-electron chi connectivity index (χ0n) is 9.93. The first kappa shape index (κ1) is 13.3. The first-order valence-corrected chi connectivity index (χ1v) is 7.06. The molecule has 7 heteroatoms. The van der Waals surface area contributed by atoms with E-state index in [1.54, 1.807) is 17.7 Å². The van der Waals surface area contributed by atoms with Crippen LogP contribution in [0, 0.1) is 0 Å². The van der Waals surface area contributed by atoms with Gasteiger partial charge in [0.15, 0.2) is 0 Å². The Bertz CT molecular complexity index is 516. The summed E-state index contributed by atoms with van der Waals surface area (Å²) in [6.45, 7) is 1.28. The van der Waals surface area contributed by atoms with E-state index in [0.29, 0.717) is 13.1 Å². The highest BCUT2D eigenvalue weighted by atomic mass is 79.9. The van der Waals surface area contributed by atoms with Gasteiger partial charge in [-0.2, -0.15) is 0 Å². The molecule has 0 aromatic carbocycles. The van der Waals surface area contributed by atoms with Gasteiger partial charge in [-0.15, -0.1) is 11.3 Å². The molecule has 3 N–H and O–H groups in total. The van der Waals surface area contributed by atoms with Crippen LogP contribution in [0.3, 0.4) is 0 Å². The second kappa shape index (κ2) is 6.12. The molecule has 0 aliphatic carbocycles. The summed E-state index contributed by atoms with van der Waals surface area (Å²) in [7, 11) is 1.98. The average molecular weight is 328 g/mol. The summed E-state index contributed by atoms with van der Waals surface area (Å²) < 4.78 is 1.10. The summed E-state index contributed by atoms with van der Waals surface area (Å²) in [5, 5.41) is 4.25. The summed E-state index contributed by atoms with van der Waals surface area (Å²) in [6, 6.07) is 5.97. The number of nitrogens with one attached hydrogen (secondary N) is 1. The number of halogens is 1. The highest BCUT2D eigenvalue weighted by Crippen LogP contribution is 2.32. The molecule has 0 saturated heterocycles. The van der Waals surface area contributed by atoms with Crippen LogP contribution in [0.2, 0.25) is 0 Å². The fourth-order valence-electron chi connectivity index (χ4n) is 1.43. The van der Waals surface area contributed by atoms with Crippen LogP contribution in [0.5, 0.6) is 0 Å². The van der Waals surface area contributed by atoms with Gasteiger partial charge in [-0.05, 0) is 28.1 Å². The number of thiophene rings is 1. The second-order valence-corrected chi connectivity index (χ2v) is 6.06. The van der Waals surface area contributed by atoms with Gasteiger partial charge in [0.1, 0.15) is 18.0 Å². The Hall–Kier alpha value is -1.18. The predicted octanol–water partition coefficient (Wildman–Crippen LogP) is 2.44. The molecule has 5 nitrogen and oxygen atoms in total. The molecule has 18 heavy (non-hydrogen) atoms. The highest BCUT2D eigenvalue weighted by molar-refractivity contribution is 9.11. The van der Waals surface area contributed by atoms with Crippen LogP contribution in [0.1, 0.15) is 0 Å². The molecule has 2 aromatic rings. The molecule has 0 atom stereocenters.